The number of aromatic nitrogens is 2. The minimum Gasteiger partial charge on any atom is -0.347 e. The number of nitrogens with one attached hydrogen (secondary N) is 2. The first-order chi connectivity index (χ1) is 9.29. The zero-order valence-corrected chi connectivity index (χ0v) is 10.3. The van der Waals surface area contributed by atoms with Crippen LogP contribution in [-0.4, -0.2) is 22.4 Å². The summed E-state index contributed by atoms with van der Waals surface area (Å²) in [5.74, 6) is 6.24. The van der Waals surface area contributed by atoms with Gasteiger partial charge in [0, 0.05) is 23.5 Å². The molecule has 5 heteroatoms. The first kappa shape index (κ1) is 12.9. The molecule has 0 aliphatic carbocycles. The van der Waals surface area contributed by atoms with Crippen molar-refractivity contribution in [1.29, 1.82) is 0 Å². The van der Waals surface area contributed by atoms with Crippen LogP contribution in [0.4, 0.5) is 0 Å². The number of amides is 1. The van der Waals surface area contributed by atoms with Crippen molar-refractivity contribution in [2.24, 2.45) is 5.73 Å². The summed E-state index contributed by atoms with van der Waals surface area (Å²) >= 11 is 0. The molecule has 0 aliphatic rings. The molecule has 0 aliphatic heterocycles. The fourth-order valence-corrected chi connectivity index (χ4v) is 1.52. The monoisotopic (exact) mass is 254 g/mol. The molecule has 0 saturated heterocycles. The van der Waals surface area contributed by atoms with E-state index in [4.69, 9.17) is 5.73 Å². The second kappa shape index (κ2) is 6.38. The average molecular weight is 254 g/mol. The largest absolute Gasteiger partial charge is 0.347 e. The topological polar surface area (TPSA) is 83.8 Å². The molecule has 4 N–H and O–H groups in total. The summed E-state index contributed by atoms with van der Waals surface area (Å²) in [6.45, 7) is 0.700. The maximum absolute atomic E-state index is 11.9. The Bertz CT molecular complexity index is 591. The molecule has 0 unspecified atom stereocenters. The molecule has 0 bridgehead atoms. The van der Waals surface area contributed by atoms with Crippen molar-refractivity contribution in [3.05, 3.63) is 53.6 Å². The predicted octanol–water partition coefficient (Wildman–Crippen LogP) is 0.650. The van der Waals surface area contributed by atoms with Crippen molar-refractivity contribution in [3.63, 3.8) is 0 Å². The van der Waals surface area contributed by atoms with E-state index in [0.29, 0.717) is 18.7 Å². The van der Waals surface area contributed by atoms with Gasteiger partial charge in [-0.2, -0.15) is 0 Å². The van der Waals surface area contributed by atoms with Crippen LogP contribution in [-0.2, 0) is 6.54 Å². The van der Waals surface area contributed by atoms with E-state index >= 15 is 0 Å². The van der Waals surface area contributed by atoms with E-state index in [-0.39, 0.29) is 5.91 Å². The number of benzene rings is 1. The highest BCUT2D eigenvalue weighted by Crippen LogP contribution is 2.03. The fraction of sp³-hybridized carbons (Fsp3) is 0.143. The second-order valence-electron chi connectivity index (χ2n) is 3.80. The number of hydrogen-bond acceptors (Lipinski definition) is 3. The van der Waals surface area contributed by atoms with Crippen LogP contribution in [0.1, 0.15) is 21.7 Å². The number of carbonyl (C=O) groups is 1. The molecule has 0 atom stereocenters. The molecule has 1 aromatic heterocycles. The summed E-state index contributed by atoms with van der Waals surface area (Å²) in [5, 5.41) is 2.78. The standard InChI is InChI=1S/C14H14N4O/c15-7-1-2-11-3-5-12(6-4-11)14(19)18-10-13-16-8-9-17-13/h3-6,8-9H,7,10,15H2,(H,16,17)(H,18,19). The summed E-state index contributed by atoms with van der Waals surface area (Å²) in [4.78, 5) is 18.8. The molecule has 5 nitrogen and oxygen atoms in total. The van der Waals surface area contributed by atoms with Gasteiger partial charge in [-0.25, -0.2) is 4.98 Å². The van der Waals surface area contributed by atoms with Gasteiger partial charge in [-0.3, -0.25) is 4.79 Å². The third kappa shape index (κ3) is 3.69. The molecule has 96 valence electrons. The fourth-order valence-electron chi connectivity index (χ4n) is 1.52. The highest BCUT2D eigenvalue weighted by molar-refractivity contribution is 5.94. The summed E-state index contributed by atoms with van der Waals surface area (Å²) in [7, 11) is 0. The summed E-state index contributed by atoms with van der Waals surface area (Å²) in [6, 6.07) is 7.06. The van der Waals surface area contributed by atoms with Crippen molar-refractivity contribution in [3.8, 4) is 11.8 Å². The van der Waals surface area contributed by atoms with Crippen LogP contribution in [0, 0.1) is 11.8 Å². The number of hydrogen-bond donors (Lipinski definition) is 3. The highest BCUT2D eigenvalue weighted by Gasteiger charge is 2.05. The van der Waals surface area contributed by atoms with Crippen molar-refractivity contribution in [2.45, 2.75) is 6.54 Å². The lowest BCUT2D eigenvalue weighted by atomic mass is 10.1. The summed E-state index contributed by atoms with van der Waals surface area (Å²) < 4.78 is 0. The molecule has 0 radical (unpaired) electrons. The van der Waals surface area contributed by atoms with Gasteiger partial charge in [-0.15, -0.1) is 0 Å². The molecule has 19 heavy (non-hydrogen) atoms. The van der Waals surface area contributed by atoms with Crippen LogP contribution in [0.5, 0.6) is 0 Å². The maximum Gasteiger partial charge on any atom is 0.251 e. The quantitative estimate of drug-likeness (QED) is 0.703. The molecule has 0 fully saturated rings. The highest BCUT2D eigenvalue weighted by atomic mass is 16.1. The number of carbonyl (C=O) groups excluding carboxylic acids is 1. The average Bonchev–Trinajstić information content (AvgIpc) is 2.96. The maximum atomic E-state index is 11.9. The summed E-state index contributed by atoms with van der Waals surface area (Å²) in [6.07, 6.45) is 3.36. The molecule has 1 aromatic carbocycles. The van der Waals surface area contributed by atoms with Gasteiger partial charge in [0.1, 0.15) is 5.82 Å². The Morgan fingerprint density at radius 2 is 2.16 bits per heavy atom. The minimum atomic E-state index is -0.144. The number of imidazole rings is 1. The van der Waals surface area contributed by atoms with E-state index in [0.717, 1.165) is 11.4 Å². The first-order valence-electron chi connectivity index (χ1n) is 5.85. The Labute approximate surface area is 111 Å². The molecular formula is C14H14N4O. The third-order valence-electron chi connectivity index (χ3n) is 2.45. The Morgan fingerprint density at radius 3 is 2.79 bits per heavy atom. The van der Waals surface area contributed by atoms with Gasteiger partial charge in [0.05, 0.1) is 13.1 Å². The first-order valence-corrected chi connectivity index (χ1v) is 5.85. The Morgan fingerprint density at radius 1 is 1.37 bits per heavy atom. The van der Waals surface area contributed by atoms with Gasteiger partial charge in [0.15, 0.2) is 0 Å². The molecule has 0 saturated carbocycles. The van der Waals surface area contributed by atoms with Crippen LogP contribution < -0.4 is 11.1 Å². The van der Waals surface area contributed by atoms with Crippen LogP contribution in [0.15, 0.2) is 36.7 Å². The van der Waals surface area contributed by atoms with E-state index in [2.05, 4.69) is 27.1 Å². The zero-order chi connectivity index (χ0) is 13.5. The molecule has 0 spiro atoms. The van der Waals surface area contributed by atoms with Gasteiger partial charge in [-0.05, 0) is 24.3 Å². The van der Waals surface area contributed by atoms with Crippen LogP contribution in [0.2, 0.25) is 0 Å². The van der Waals surface area contributed by atoms with Crippen LogP contribution in [0.25, 0.3) is 0 Å². The Balaban J connectivity index is 1.95. The van der Waals surface area contributed by atoms with Gasteiger partial charge in [-0.1, -0.05) is 11.8 Å². The number of rotatable bonds is 3. The smallest absolute Gasteiger partial charge is 0.251 e. The van der Waals surface area contributed by atoms with E-state index < -0.39 is 0 Å². The van der Waals surface area contributed by atoms with Gasteiger partial charge < -0.3 is 16.0 Å². The van der Waals surface area contributed by atoms with Crippen LogP contribution in [0.3, 0.4) is 0 Å². The molecule has 1 heterocycles. The van der Waals surface area contributed by atoms with Gasteiger partial charge in [0.2, 0.25) is 0 Å². The molecule has 2 aromatic rings. The van der Waals surface area contributed by atoms with Crippen LogP contribution >= 0.6 is 0 Å². The lowest BCUT2D eigenvalue weighted by Crippen LogP contribution is -2.23. The van der Waals surface area contributed by atoms with Gasteiger partial charge >= 0.3 is 0 Å². The molecule has 2 rings (SSSR count). The SMILES string of the molecule is NCC#Cc1ccc(C(=O)NCc2ncc[nH]2)cc1. The Hall–Kier alpha value is -2.58. The van der Waals surface area contributed by atoms with E-state index in [9.17, 15) is 4.79 Å². The van der Waals surface area contributed by atoms with E-state index in [1.54, 1.807) is 36.7 Å². The lowest BCUT2D eigenvalue weighted by Gasteiger charge is -2.03. The molecular weight excluding hydrogens is 240 g/mol. The predicted molar refractivity (Wildman–Crippen MR) is 72.1 cm³/mol. The van der Waals surface area contributed by atoms with E-state index in [1.165, 1.54) is 0 Å². The van der Waals surface area contributed by atoms with E-state index in [1.807, 2.05) is 0 Å². The molecule has 1 amide bonds. The minimum absolute atomic E-state index is 0.144. The number of nitrogens with zero attached hydrogens (tertiary/aromatic N) is 1. The second-order valence-corrected chi connectivity index (χ2v) is 3.80. The number of aromatic amines is 1. The van der Waals surface area contributed by atoms with Gasteiger partial charge in [0.25, 0.3) is 5.91 Å². The zero-order valence-electron chi connectivity index (χ0n) is 10.3. The van der Waals surface area contributed by atoms with Crippen molar-refractivity contribution in [2.75, 3.05) is 6.54 Å². The van der Waals surface area contributed by atoms with Crippen molar-refractivity contribution >= 4 is 5.91 Å². The number of H-pyrrole nitrogens is 1. The Kier molecular flexibility index (Phi) is 4.32. The number of nitrogens with two attached hydrogens (primary N) is 1. The summed E-state index contributed by atoms with van der Waals surface area (Å²) in [5.41, 5.74) is 6.72. The lowest BCUT2D eigenvalue weighted by molar-refractivity contribution is 0.0950. The van der Waals surface area contributed by atoms with Crippen molar-refractivity contribution in [1.82, 2.24) is 15.3 Å². The normalized spacial score (nSPS) is 9.53. The van der Waals surface area contributed by atoms with Crippen molar-refractivity contribution < 1.29 is 4.79 Å². The third-order valence-corrected chi connectivity index (χ3v) is 2.45.